The topological polar surface area (TPSA) is 87.0 Å². The van der Waals surface area contributed by atoms with Crippen LogP contribution in [0.1, 0.15) is 86.0 Å². The maximum atomic E-state index is 14.2. The van der Waals surface area contributed by atoms with Gasteiger partial charge in [-0.3, -0.25) is 9.59 Å². The van der Waals surface area contributed by atoms with Gasteiger partial charge in [-0.15, -0.1) is 0 Å². The molecule has 7 nitrogen and oxygen atoms in total. The number of aryl methyl sites for hydroxylation is 2. The molecule has 0 unspecified atom stereocenters. The third-order valence-corrected chi connectivity index (χ3v) is 8.38. The Kier molecular flexibility index (Phi) is 8.27. The fourth-order valence-corrected chi connectivity index (χ4v) is 5.58. The van der Waals surface area contributed by atoms with Crippen LogP contribution in [0.25, 0.3) is 17.1 Å². The molecular formula is C35H38N4O3. The molecule has 7 heteroatoms. The van der Waals surface area contributed by atoms with E-state index in [9.17, 15) is 9.59 Å². The number of Topliss-reactive ketones (excluding diaryl/α,β-unsaturated/α-hetero) is 1. The molecule has 4 aromatic rings. The van der Waals surface area contributed by atoms with Crippen molar-refractivity contribution in [3.63, 3.8) is 0 Å². The molecule has 2 fully saturated rings. The number of methoxy groups -OCH3 is 1. The molecule has 0 spiro atoms. The van der Waals surface area contributed by atoms with E-state index in [4.69, 9.17) is 9.72 Å². The summed E-state index contributed by atoms with van der Waals surface area (Å²) in [4.78, 5) is 40.5. The van der Waals surface area contributed by atoms with Crippen LogP contribution in [0.2, 0.25) is 0 Å². The Balaban J connectivity index is 1.31. The Bertz CT molecular complexity index is 1620. The number of hydrogen-bond donors (Lipinski definition) is 0. The molecule has 2 aliphatic carbocycles. The van der Waals surface area contributed by atoms with Gasteiger partial charge in [0.1, 0.15) is 11.6 Å². The lowest BCUT2D eigenvalue weighted by atomic mass is 9.94. The molecule has 2 aromatic carbocycles. The van der Waals surface area contributed by atoms with Crippen molar-refractivity contribution >= 4 is 5.78 Å². The number of hydrogen-bond acceptors (Lipinski definition) is 6. The van der Waals surface area contributed by atoms with Gasteiger partial charge in [0.15, 0.2) is 5.75 Å². The number of carbonyl (C=O) groups excluding carboxylic acids is 1. The molecule has 2 aliphatic rings. The molecule has 0 bridgehead atoms. The molecule has 2 saturated carbocycles. The minimum absolute atomic E-state index is 0.0853. The maximum Gasteiger partial charge on any atom is 0.264 e. The molecule has 2 heterocycles. The first kappa shape index (κ1) is 28.0. The minimum atomic E-state index is -0.0853. The lowest BCUT2D eigenvalue weighted by Crippen LogP contribution is -2.30. The normalized spacial score (nSPS) is 14.6. The third-order valence-electron chi connectivity index (χ3n) is 8.38. The Morgan fingerprint density at radius 2 is 1.71 bits per heavy atom. The molecule has 0 N–H and O–H groups in total. The Labute approximate surface area is 247 Å². The Hall–Kier alpha value is -4.13. The van der Waals surface area contributed by atoms with Crippen molar-refractivity contribution in [3.05, 3.63) is 99.5 Å². The summed E-state index contributed by atoms with van der Waals surface area (Å²) >= 11 is 0. The molecule has 2 aromatic heterocycles. The Morgan fingerprint density at radius 3 is 2.38 bits per heavy atom. The SMILES string of the molecule is CCCCc1nc(C2CC2)n(-c2ncc(OC)cn2)c(=O)c1Cc1ccc(-c2ccccc2CCC(=O)C2CC2)cc1. The van der Waals surface area contributed by atoms with E-state index in [2.05, 4.69) is 53.3 Å². The van der Waals surface area contributed by atoms with Crippen molar-refractivity contribution in [2.24, 2.45) is 5.92 Å². The molecule has 0 saturated heterocycles. The van der Waals surface area contributed by atoms with Crippen LogP contribution in [-0.4, -0.2) is 32.4 Å². The first-order chi connectivity index (χ1) is 20.6. The third kappa shape index (κ3) is 6.20. The van der Waals surface area contributed by atoms with E-state index in [1.807, 2.05) is 12.1 Å². The highest BCUT2D eigenvalue weighted by Gasteiger charge is 2.32. The molecule has 0 amide bonds. The van der Waals surface area contributed by atoms with Gasteiger partial charge >= 0.3 is 0 Å². The number of ketones is 1. The zero-order valence-corrected chi connectivity index (χ0v) is 24.5. The van der Waals surface area contributed by atoms with Crippen molar-refractivity contribution in [2.45, 2.75) is 77.0 Å². The van der Waals surface area contributed by atoms with Gasteiger partial charge in [0, 0.05) is 30.2 Å². The van der Waals surface area contributed by atoms with E-state index in [-0.39, 0.29) is 11.5 Å². The average Bonchev–Trinajstić information content (AvgIpc) is 3.94. The monoisotopic (exact) mass is 562 g/mol. The zero-order valence-electron chi connectivity index (χ0n) is 24.5. The molecular weight excluding hydrogens is 524 g/mol. The van der Waals surface area contributed by atoms with E-state index in [0.717, 1.165) is 79.6 Å². The summed E-state index contributed by atoms with van der Waals surface area (Å²) in [7, 11) is 1.57. The van der Waals surface area contributed by atoms with Crippen LogP contribution in [0, 0.1) is 5.92 Å². The summed E-state index contributed by atoms with van der Waals surface area (Å²) in [5.74, 6) is 2.61. The highest BCUT2D eigenvalue weighted by atomic mass is 16.5. The molecule has 0 atom stereocenters. The first-order valence-corrected chi connectivity index (χ1v) is 15.3. The van der Waals surface area contributed by atoms with Crippen LogP contribution in [0.15, 0.2) is 65.7 Å². The molecule has 216 valence electrons. The first-order valence-electron chi connectivity index (χ1n) is 15.3. The number of ether oxygens (including phenoxy) is 1. The van der Waals surface area contributed by atoms with Crippen molar-refractivity contribution in [1.29, 1.82) is 0 Å². The van der Waals surface area contributed by atoms with Crippen molar-refractivity contribution < 1.29 is 9.53 Å². The van der Waals surface area contributed by atoms with Gasteiger partial charge < -0.3 is 4.74 Å². The van der Waals surface area contributed by atoms with E-state index < -0.39 is 0 Å². The highest BCUT2D eigenvalue weighted by Crippen LogP contribution is 2.39. The number of benzene rings is 2. The quantitative estimate of drug-likeness (QED) is 0.187. The van der Waals surface area contributed by atoms with Gasteiger partial charge in [-0.25, -0.2) is 19.5 Å². The van der Waals surface area contributed by atoms with E-state index >= 15 is 0 Å². The Morgan fingerprint density at radius 1 is 0.976 bits per heavy atom. The lowest BCUT2D eigenvalue weighted by molar-refractivity contribution is -0.120. The summed E-state index contributed by atoms with van der Waals surface area (Å²) in [6.07, 6.45) is 12.0. The molecule has 6 rings (SSSR count). The van der Waals surface area contributed by atoms with Gasteiger partial charge in [0.05, 0.1) is 25.2 Å². The van der Waals surface area contributed by atoms with Crippen LogP contribution in [0.3, 0.4) is 0 Å². The van der Waals surface area contributed by atoms with Gasteiger partial charge in [0.25, 0.3) is 5.56 Å². The van der Waals surface area contributed by atoms with Crippen molar-refractivity contribution in [3.8, 4) is 22.8 Å². The molecule has 42 heavy (non-hydrogen) atoms. The minimum Gasteiger partial charge on any atom is -0.494 e. The van der Waals surface area contributed by atoms with Crippen LogP contribution in [0.5, 0.6) is 5.75 Å². The van der Waals surface area contributed by atoms with Crippen LogP contribution >= 0.6 is 0 Å². The fraction of sp³-hybridized carbons (Fsp3) is 0.400. The van der Waals surface area contributed by atoms with Gasteiger partial charge in [-0.1, -0.05) is 61.9 Å². The van der Waals surface area contributed by atoms with Crippen molar-refractivity contribution in [1.82, 2.24) is 19.5 Å². The van der Waals surface area contributed by atoms with E-state index in [1.165, 1.54) is 5.56 Å². The largest absolute Gasteiger partial charge is 0.494 e. The van der Waals surface area contributed by atoms with Crippen molar-refractivity contribution in [2.75, 3.05) is 7.11 Å². The summed E-state index contributed by atoms with van der Waals surface area (Å²) in [6, 6.07) is 16.8. The summed E-state index contributed by atoms with van der Waals surface area (Å²) in [5, 5.41) is 0. The summed E-state index contributed by atoms with van der Waals surface area (Å²) < 4.78 is 6.85. The second kappa shape index (κ2) is 12.4. The van der Waals surface area contributed by atoms with E-state index in [0.29, 0.717) is 41.8 Å². The van der Waals surface area contributed by atoms with Gasteiger partial charge in [-0.05, 0) is 67.2 Å². The van der Waals surface area contributed by atoms with Crippen LogP contribution in [-0.2, 0) is 24.1 Å². The zero-order chi connectivity index (χ0) is 29.1. The molecule has 0 aliphatic heterocycles. The standard InChI is InChI=1S/C35H38N4O3/c1-3-4-9-31-30(34(41)39(33(38-31)27-16-17-27)35-36-21-28(42-2)22-37-35)20-23-10-12-25(13-11-23)29-8-6-5-7-24(29)18-19-32(40)26-14-15-26/h5-8,10-13,21-22,26-27H,3-4,9,14-20H2,1-2H3. The smallest absolute Gasteiger partial charge is 0.264 e. The maximum absolute atomic E-state index is 14.2. The highest BCUT2D eigenvalue weighted by molar-refractivity contribution is 5.83. The number of rotatable bonds is 13. The van der Waals surface area contributed by atoms with Crippen LogP contribution in [0.4, 0.5) is 0 Å². The summed E-state index contributed by atoms with van der Waals surface area (Å²) in [6.45, 7) is 2.16. The summed E-state index contributed by atoms with van der Waals surface area (Å²) in [5.41, 5.74) is 6.04. The van der Waals surface area contributed by atoms with Crippen LogP contribution < -0.4 is 10.3 Å². The van der Waals surface area contributed by atoms with Gasteiger partial charge in [-0.2, -0.15) is 0 Å². The second-order valence-electron chi connectivity index (χ2n) is 11.6. The number of carbonyl (C=O) groups is 1. The predicted octanol–water partition coefficient (Wildman–Crippen LogP) is 6.42. The van der Waals surface area contributed by atoms with Gasteiger partial charge in [0.2, 0.25) is 5.95 Å². The average molecular weight is 563 g/mol. The predicted molar refractivity (Wildman–Crippen MR) is 163 cm³/mol. The van der Waals surface area contributed by atoms with E-state index in [1.54, 1.807) is 24.1 Å². The number of unbranched alkanes of at least 4 members (excludes halogenated alkanes) is 1. The molecule has 0 radical (unpaired) electrons. The lowest BCUT2D eigenvalue weighted by Gasteiger charge is -2.16. The fourth-order valence-electron chi connectivity index (χ4n) is 5.58. The second-order valence-corrected chi connectivity index (χ2v) is 11.6. The number of aromatic nitrogens is 4. The number of nitrogens with zero attached hydrogens (tertiary/aromatic N) is 4.